The van der Waals surface area contributed by atoms with E-state index < -0.39 is 0 Å². The van der Waals surface area contributed by atoms with E-state index in [9.17, 15) is 4.79 Å². The molecule has 2 aromatic carbocycles. The van der Waals surface area contributed by atoms with Gasteiger partial charge in [0, 0.05) is 24.3 Å². The number of rotatable bonds is 4. The molecular formula is C22H22N4O5. The number of benzene rings is 2. The molecule has 1 atom stereocenters. The molecule has 0 bridgehead atoms. The van der Waals surface area contributed by atoms with Crippen molar-refractivity contribution in [2.75, 3.05) is 32.3 Å². The molecule has 1 N–H and O–H groups in total. The summed E-state index contributed by atoms with van der Waals surface area (Å²) >= 11 is 0. The molecule has 1 fully saturated rings. The van der Waals surface area contributed by atoms with E-state index in [1.165, 1.54) is 0 Å². The van der Waals surface area contributed by atoms with E-state index in [4.69, 9.17) is 18.6 Å². The van der Waals surface area contributed by atoms with Crippen molar-refractivity contribution < 1.29 is 23.4 Å². The number of piperidine rings is 1. The molecule has 0 spiro atoms. The van der Waals surface area contributed by atoms with Crippen LogP contribution in [0.2, 0.25) is 0 Å². The second-order valence-corrected chi connectivity index (χ2v) is 7.46. The van der Waals surface area contributed by atoms with Crippen molar-refractivity contribution in [2.24, 2.45) is 0 Å². The first-order chi connectivity index (χ1) is 15.2. The van der Waals surface area contributed by atoms with Gasteiger partial charge in [0.05, 0.1) is 13.0 Å². The van der Waals surface area contributed by atoms with Crippen molar-refractivity contribution in [3.8, 4) is 28.7 Å². The molecule has 0 radical (unpaired) electrons. The fourth-order valence-electron chi connectivity index (χ4n) is 3.79. The molecule has 160 valence electrons. The van der Waals surface area contributed by atoms with Crippen molar-refractivity contribution in [1.82, 2.24) is 15.1 Å². The minimum atomic E-state index is -0.148. The number of nitrogens with zero attached hydrogens (tertiary/aromatic N) is 3. The number of likely N-dealkylation sites (tertiary alicyclic amines) is 1. The van der Waals surface area contributed by atoms with E-state index >= 15 is 0 Å². The predicted octanol–water partition coefficient (Wildman–Crippen LogP) is 3.89. The van der Waals surface area contributed by atoms with Crippen molar-refractivity contribution >= 4 is 11.7 Å². The lowest BCUT2D eigenvalue weighted by atomic mass is 9.98. The summed E-state index contributed by atoms with van der Waals surface area (Å²) in [6, 6.07) is 12.6. The van der Waals surface area contributed by atoms with E-state index in [1.54, 1.807) is 12.0 Å². The first-order valence-electron chi connectivity index (χ1n) is 10.1. The third-order valence-corrected chi connectivity index (χ3v) is 5.46. The van der Waals surface area contributed by atoms with E-state index in [1.807, 2.05) is 42.5 Å². The van der Waals surface area contributed by atoms with Crippen LogP contribution < -0.4 is 19.5 Å². The zero-order chi connectivity index (χ0) is 21.2. The number of carbonyl (C=O) groups excluding carboxylic acids is 1. The highest BCUT2D eigenvalue weighted by atomic mass is 16.7. The Morgan fingerprint density at radius 2 is 1.97 bits per heavy atom. The highest BCUT2D eigenvalue weighted by Crippen LogP contribution is 2.36. The number of fused-ring (bicyclic) bond motifs is 1. The Morgan fingerprint density at radius 3 is 2.81 bits per heavy atom. The van der Waals surface area contributed by atoms with Gasteiger partial charge in [-0.05, 0) is 55.3 Å². The first kappa shape index (κ1) is 19.2. The molecule has 0 saturated carbocycles. The van der Waals surface area contributed by atoms with Crippen molar-refractivity contribution in [1.29, 1.82) is 0 Å². The van der Waals surface area contributed by atoms with Crippen molar-refractivity contribution in [2.45, 2.75) is 18.8 Å². The molecule has 9 nitrogen and oxygen atoms in total. The molecular weight excluding hydrogens is 400 g/mol. The maximum absolute atomic E-state index is 12.7. The van der Waals surface area contributed by atoms with Gasteiger partial charge in [0.1, 0.15) is 5.75 Å². The average Bonchev–Trinajstić information content (AvgIpc) is 3.49. The van der Waals surface area contributed by atoms with Gasteiger partial charge in [0.25, 0.3) is 0 Å². The first-order valence-corrected chi connectivity index (χ1v) is 10.1. The van der Waals surface area contributed by atoms with Crippen LogP contribution in [0.3, 0.4) is 0 Å². The molecule has 31 heavy (non-hydrogen) atoms. The summed E-state index contributed by atoms with van der Waals surface area (Å²) in [5.41, 5.74) is 1.49. The third-order valence-electron chi connectivity index (χ3n) is 5.46. The van der Waals surface area contributed by atoms with Crippen LogP contribution in [0.15, 0.2) is 46.9 Å². The van der Waals surface area contributed by atoms with Gasteiger partial charge in [0.15, 0.2) is 11.5 Å². The number of ether oxygens (including phenoxy) is 3. The quantitative estimate of drug-likeness (QED) is 0.681. The third kappa shape index (κ3) is 3.98. The van der Waals surface area contributed by atoms with Crippen LogP contribution in [0.4, 0.5) is 10.5 Å². The normalized spacial score (nSPS) is 17.5. The second kappa shape index (κ2) is 8.17. The highest BCUT2D eigenvalue weighted by molar-refractivity contribution is 5.89. The Balaban J connectivity index is 1.25. The van der Waals surface area contributed by atoms with Gasteiger partial charge in [-0.1, -0.05) is 0 Å². The summed E-state index contributed by atoms with van der Waals surface area (Å²) < 4.78 is 21.9. The van der Waals surface area contributed by atoms with Gasteiger partial charge in [-0.25, -0.2) is 4.79 Å². The van der Waals surface area contributed by atoms with E-state index in [0.717, 1.165) is 29.8 Å². The Labute approximate surface area is 178 Å². The maximum Gasteiger partial charge on any atom is 0.321 e. The molecule has 3 heterocycles. The van der Waals surface area contributed by atoms with Crippen LogP contribution in [0, 0.1) is 0 Å². The van der Waals surface area contributed by atoms with Crippen molar-refractivity contribution in [3.63, 3.8) is 0 Å². The summed E-state index contributed by atoms with van der Waals surface area (Å²) in [6.45, 7) is 1.41. The SMILES string of the molecule is COc1ccc(NC(=O)N2CCCC(c3nnc(-c4ccc5c(c4)OCO5)o3)C2)cc1. The zero-order valence-electron chi connectivity index (χ0n) is 17.0. The van der Waals surface area contributed by atoms with Crippen LogP contribution in [0.25, 0.3) is 11.5 Å². The van der Waals surface area contributed by atoms with Crippen LogP contribution in [-0.2, 0) is 0 Å². The minimum absolute atomic E-state index is 0.00868. The monoisotopic (exact) mass is 422 g/mol. The largest absolute Gasteiger partial charge is 0.497 e. The Hall–Kier alpha value is -3.75. The predicted molar refractivity (Wildman–Crippen MR) is 111 cm³/mol. The van der Waals surface area contributed by atoms with Gasteiger partial charge in [-0.15, -0.1) is 10.2 Å². The van der Waals surface area contributed by atoms with Crippen LogP contribution in [0.1, 0.15) is 24.7 Å². The lowest BCUT2D eigenvalue weighted by molar-refractivity contribution is 0.174. The number of amides is 2. The molecule has 9 heteroatoms. The van der Waals surface area contributed by atoms with Gasteiger partial charge < -0.3 is 28.8 Å². The molecule has 2 aliphatic rings. The molecule has 1 unspecified atom stereocenters. The maximum atomic E-state index is 12.7. The number of urea groups is 1. The highest BCUT2D eigenvalue weighted by Gasteiger charge is 2.29. The summed E-state index contributed by atoms with van der Waals surface area (Å²) in [4.78, 5) is 14.5. The molecule has 0 aliphatic carbocycles. The van der Waals surface area contributed by atoms with Gasteiger partial charge in [-0.3, -0.25) is 0 Å². The standard InChI is InChI=1S/C22H22N4O5/c1-28-17-7-5-16(6-8-17)23-22(27)26-10-2-3-15(12-26)21-25-24-20(31-21)14-4-9-18-19(11-14)30-13-29-18/h4-9,11,15H,2-3,10,12-13H2,1H3,(H,23,27). The number of hydrogen-bond donors (Lipinski definition) is 1. The number of aromatic nitrogens is 2. The second-order valence-electron chi connectivity index (χ2n) is 7.46. The molecule has 2 amide bonds. The van der Waals surface area contributed by atoms with E-state index in [-0.39, 0.29) is 18.7 Å². The lowest BCUT2D eigenvalue weighted by Crippen LogP contribution is -2.41. The Morgan fingerprint density at radius 1 is 1.13 bits per heavy atom. The van der Waals surface area contributed by atoms with E-state index in [0.29, 0.717) is 36.4 Å². The number of anilines is 1. The fraction of sp³-hybridized carbons (Fsp3) is 0.318. The Kier molecular flexibility index (Phi) is 5.07. The lowest BCUT2D eigenvalue weighted by Gasteiger charge is -2.31. The van der Waals surface area contributed by atoms with Crippen molar-refractivity contribution in [3.05, 3.63) is 48.4 Å². The average molecular weight is 422 g/mol. The minimum Gasteiger partial charge on any atom is -0.497 e. The molecule has 5 rings (SSSR count). The van der Waals surface area contributed by atoms with Crippen LogP contribution in [0.5, 0.6) is 17.2 Å². The van der Waals surface area contributed by atoms with Crippen LogP contribution in [-0.4, -0.2) is 48.1 Å². The fourth-order valence-corrected chi connectivity index (χ4v) is 3.79. The Bertz CT molecular complexity index is 1080. The smallest absolute Gasteiger partial charge is 0.321 e. The van der Waals surface area contributed by atoms with Crippen LogP contribution >= 0.6 is 0 Å². The van der Waals surface area contributed by atoms with E-state index in [2.05, 4.69) is 15.5 Å². The number of methoxy groups -OCH3 is 1. The number of nitrogens with one attached hydrogen (secondary N) is 1. The zero-order valence-corrected chi connectivity index (χ0v) is 17.0. The van der Waals surface area contributed by atoms with Gasteiger partial charge in [0.2, 0.25) is 18.6 Å². The molecule has 1 aromatic heterocycles. The number of hydrogen-bond acceptors (Lipinski definition) is 7. The summed E-state index contributed by atoms with van der Waals surface area (Å²) in [6.07, 6.45) is 1.75. The molecule has 2 aliphatic heterocycles. The molecule has 1 saturated heterocycles. The summed E-state index contributed by atoms with van der Waals surface area (Å²) in [5.74, 6) is 3.06. The summed E-state index contributed by atoms with van der Waals surface area (Å²) in [5, 5.41) is 11.4. The molecule has 3 aromatic rings. The topological polar surface area (TPSA) is 99.0 Å². The van der Waals surface area contributed by atoms with Gasteiger partial charge >= 0.3 is 6.03 Å². The van der Waals surface area contributed by atoms with Gasteiger partial charge in [-0.2, -0.15) is 0 Å². The number of carbonyl (C=O) groups is 1. The summed E-state index contributed by atoms with van der Waals surface area (Å²) in [7, 11) is 1.61.